The summed E-state index contributed by atoms with van der Waals surface area (Å²) in [5.41, 5.74) is 2.58. The van der Waals surface area contributed by atoms with Crippen LogP contribution in [0.15, 0.2) is 34.9 Å². The van der Waals surface area contributed by atoms with E-state index in [2.05, 4.69) is 31.7 Å². The van der Waals surface area contributed by atoms with Crippen molar-refractivity contribution in [2.75, 3.05) is 19.6 Å². The number of hydrogen-bond acceptors (Lipinski definition) is 3. The molecule has 1 aliphatic rings. The van der Waals surface area contributed by atoms with Gasteiger partial charge < -0.3 is 10.6 Å². The van der Waals surface area contributed by atoms with E-state index in [9.17, 15) is 4.79 Å². The molecule has 128 valence electrons. The van der Waals surface area contributed by atoms with Gasteiger partial charge in [-0.1, -0.05) is 22.9 Å². The van der Waals surface area contributed by atoms with Crippen LogP contribution in [0.25, 0.3) is 5.69 Å². The summed E-state index contributed by atoms with van der Waals surface area (Å²) < 4.78 is 2.87. The van der Waals surface area contributed by atoms with Crippen LogP contribution in [0.5, 0.6) is 0 Å². The largest absolute Gasteiger partial charge is 0.352 e. The third-order valence-corrected chi connectivity index (χ3v) is 5.05. The lowest BCUT2D eigenvalue weighted by molar-refractivity contribution is 0.0950. The fourth-order valence-corrected chi connectivity index (χ4v) is 3.42. The maximum atomic E-state index is 12.5. The number of carbonyl (C=O) groups is 1. The topological polar surface area (TPSA) is 59.0 Å². The van der Waals surface area contributed by atoms with E-state index in [1.807, 2.05) is 35.9 Å². The molecule has 1 fully saturated rings. The second kappa shape index (κ2) is 7.94. The van der Waals surface area contributed by atoms with E-state index in [0.717, 1.165) is 48.3 Å². The maximum Gasteiger partial charge on any atom is 0.254 e. The Labute approximate surface area is 151 Å². The summed E-state index contributed by atoms with van der Waals surface area (Å²) in [6, 6.07) is 7.94. The smallest absolute Gasteiger partial charge is 0.254 e. The van der Waals surface area contributed by atoms with Gasteiger partial charge >= 0.3 is 0 Å². The summed E-state index contributed by atoms with van der Waals surface area (Å²) in [5, 5.41) is 10.8. The molecule has 1 atom stereocenters. The van der Waals surface area contributed by atoms with Gasteiger partial charge in [0, 0.05) is 11.0 Å². The molecule has 1 aromatic carbocycles. The molecule has 6 heteroatoms. The predicted octanol–water partition coefficient (Wildman–Crippen LogP) is 2.93. The van der Waals surface area contributed by atoms with Crippen molar-refractivity contribution in [3.05, 3.63) is 46.2 Å². The van der Waals surface area contributed by atoms with Gasteiger partial charge in [0.25, 0.3) is 5.91 Å². The van der Waals surface area contributed by atoms with Gasteiger partial charge in [-0.3, -0.25) is 4.79 Å². The average Bonchev–Trinajstić information content (AvgIpc) is 3.24. The van der Waals surface area contributed by atoms with Crippen LogP contribution in [0, 0.1) is 5.92 Å². The molecular formula is C18H23BrN4O. The number of halogens is 1. The maximum absolute atomic E-state index is 12.5. The molecule has 3 rings (SSSR count). The molecule has 2 N–H and O–H groups in total. The molecule has 2 heterocycles. The van der Waals surface area contributed by atoms with Gasteiger partial charge in [0.1, 0.15) is 0 Å². The Morgan fingerprint density at radius 2 is 2.21 bits per heavy atom. The molecule has 0 aliphatic carbocycles. The first kappa shape index (κ1) is 17.2. The Bertz CT molecular complexity index is 690. The third kappa shape index (κ3) is 3.87. The summed E-state index contributed by atoms with van der Waals surface area (Å²) >= 11 is 3.44. The number of nitrogens with zero attached hydrogens (tertiary/aromatic N) is 2. The lowest BCUT2D eigenvalue weighted by Gasteiger charge is -2.10. The van der Waals surface area contributed by atoms with Gasteiger partial charge in [0.15, 0.2) is 0 Å². The molecule has 1 aliphatic heterocycles. The Hall–Kier alpha value is -1.66. The number of hydrogen-bond donors (Lipinski definition) is 2. The van der Waals surface area contributed by atoms with E-state index >= 15 is 0 Å². The molecule has 24 heavy (non-hydrogen) atoms. The first-order chi connectivity index (χ1) is 11.7. The molecule has 1 unspecified atom stereocenters. The SMILES string of the molecule is CCc1c(C(=O)NCCC2CCNC2)cnn1-c1ccc(Br)cc1. The van der Waals surface area contributed by atoms with E-state index < -0.39 is 0 Å². The minimum absolute atomic E-state index is 0.0267. The van der Waals surface area contributed by atoms with E-state index in [-0.39, 0.29) is 5.91 Å². The summed E-state index contributed by atoms with van der Waals surface area (Å²) in [6.45, 7) is 4.93. The lowest BCUT2D eigenvalue weighted by Crippen LogP contribution is -2.27. The number of carbonyl (C=O) groups excluding carboxylic acids is 1. The number of benzene rings is 1. The van der Waals surface area contributed by atoms with Crippen molar-refractivity contribution in [3.63, 3.8) is 0 Å². The van der Waals surface area contributed by atoms with Crippen molar-refractivity contribution < 1.29 is 4.79 Å². The molecule has 1 saturated heterocycles. The van der Waals surface area contributed by atoms with E-state index in [0.29, 0.717) is 11.5 Å². The summed E-state index contributed by atoms with van der Waals surface area (Å²) in [6.07, 6.45) is 4.66. The summed E-state index contributed by atoms with van der Waals surface area (Å²) in [5.74, 6) is 0.655. The number of amides is 1. The zero-order valence-electron chi connectivity index (χ0n) is 13.9. The van der Waals surface area contributed by atoms with Crippen LogP contribution in [0.1, 0.15) is 35.8 Å². The standard InChI is InChI=1S/C18H23BrN4O/c1-2-17-16(18(24)21-10-8-13-7-9-20-11-13)12-22-23(17)15-5-3-14(19)4-6-15/h3-6,12-13,20H,2,7-11H2,1H3,(H,21,24). The molecule has 0 bridgehead atoms. The van der Waals surface area contributed by atoms with Crippen molar-refractivity contribution in [1.29, 1.82) is 0 Å². The molecule has 5 nitrogen and oxygen atoms in total. The lowest BCUT2D eigenvalue weighted by atomic mass is 10.1. The Kier molecular flexibility index (Phi) is 5.68. The quantitative estimate of drug-likeness (QED) is 0.796. The predicted molar refractivity (Wildman–Crippen MR) is 98.6 cm³/mol. The van der Waals surface area contributed by atoms with E-state index in [1.165, 1.54) is 6.42 Å². The fourth-order valence-electron chi connectivity index (χ4n) is 3.15. The first-order valence-corrected chi connectivity index (χ1v) is 9.30. The summed E-state index contributed by atoms with van der Waals surface area (Å²) in [7, 11) is 0. The van der Waals surface area contributed by atoms with Crippen LogP contribution < -0.4 is 10.6 Å². The highest BCUT2D eigenvalue weighted by Gasteiger charge is 2.18. The van der Waals surface area contributed by atoms with Crippen LogP contribution in [0.4, 0.5) is 0 Å². The Morgan fingerprint density at radius 3 is 2.88 bits per heavy atom. The van der Waals surface area contributed by atoms with Gasteiger partial charge in [0.2, 0.25) is 0 Å². The molecule has 0 radical (unpaired) electrons. The van der Waals surface area contributed by atoms with E-state index in [1.54, 1.807) is 6.20 Å². The molecule has 2 aromatic rings. The second-order valence-corrected chi connectivity index (χ2v) is 7.07. The number of rotatable bonds is 6. The minimum Gasteiger partial charge on any atom is -0.352 e. The zero-order valence-corrected chi connectivity index (χ0v) is 15.5. The van der Waals surface area contributed by atoms with Crippen LogP contribution in [0.2, 0.25) is 0 Å². The minimum atomic E-state index is -0.0267. The van der Waals surface area contributed by atoms with Crippen molar-refractivity contribution in [1.82, 2.24) is 20.4 Å². The number of nitrogens with one attached hydrogen (secondary N) is 2. The number of aromatic nitrogens is 2. The van der Waals surface area contributed by atoms with Gasteiger partial charge in [-0.05, 0) is 62.5 Å². The van der Waals surface area contributed by atoms with Crippen LogP contribution >= 0.6 is 15.9 Å². The van der Waals surface area contributed by atoms with Crippen molar-refractivity contribution in [2.24, 2.45) is 5.92 Å². The molecular weight excluding hydrogens is 368 g/mol. The van der Waals surface area contributed by atoms with Gasteiger partial charge in [-0.25, -0.2) is 4.68 Å². The second-order valence-electron chi connectivity index (χ2n) is 6.15. The van der Waals surface area contributed by atoms with Crippen LogP contribution in [-0.2, 0) is 6.42 Å². The van der Waals surface area contributed by atoms with Crippen molar-refractivity contribution in [3.8, 4) is 5.69 Å². The molecule has 1 aromatic heterocycles. The Balaban J connectivity index is 1.68. The highest BCUT2D eigenvalue weighted by Crippen LogP contribution is 2.18. The normalized spacial score (nSPS) is 17.2. The first-order valence-electron chi connectivity index (χ1n) is 8.50. The zero-order chi connectivity index (χ0) is 16.9. The highest BCUT2D eigenvalue weighted by atomic mass is 79.9. The fraction of sp³-hybridized carbons (Fsp3) is 0.444. The van der Waals surface area contributed by atoms with Crippen LogP contribution in [0.3, 0.4) is 0 Å². The van der Waals surface area contributed by atoms with Crippen molar-refractivity contribution in [2.45, 2.75) is 26.2 Å². The van der Waals surface area contributed by atoms with E-state index in [4.69, 9.17) is 0 Å². The van der Waals surface area contributed by atoms with Gasteiger partial charge in [-0.2, -0.15) is 5.10 Å². The third-order valence-electron chi connectivity index (χ3n) is 4.52. The average molecular weight is 391 g/mol. The highest BCUT2D eigenvalue weighted by molar-refractivity contribution is 9.10. The monoisotopic (exact) mass is 390 g/mol. The molecule has 1 amide bonds. The van der Waals surface area contributed by atoms with Crippen LogP contribution in [-0.4, -0.2) is 35.3 Å². The Morgan fingerprint density at radius 1 is 1.42 bits per heavy atom. The summed E-state index contributed by atoms with van der Waals surface area (Å²) in [4.78, 5) is 12.5. The van der Waals surface area contributed by atoms with Crippen molar-refractivity contribution >= 4 is 21.8 Å². The van der Waals surface area contributed by atoms with Gasteiger partial charge in [-0.15, -0.1) is 0 Å². The molecule has 0 saturated carbocycles. The van der Waals surface area contributed by atoms with Gasteiger partial charge in [0.05, 0.1) is 23.1 Å². The molecule has 0 spiro atoms.